The SMILES string of the molecule is COc1sc([C@H](O)CC(=O)O)cc1Br. The Morgan fingerprint density at radius 3 is 2.86 bits per heavy atom. The van der Waals surface area contributed by atoms with Crippen LogP contribution in [0.4, 0.5) is 0 Å². The van der Waals surface area contributed by atoms with Gasteiger partial charge in [0, 0.05) is 4.88 Å². The first-order valence-electron chi connectivity index (χ1n) is 3.77. The third-order valence-electron chi connectivity index (χ3n) is 1.56. The molecule has 0 saturated heterocycles. The van der Waals surface area contributed by atoms with E-state index in [0.29, 0.717) is 9.94 Å². The van der Waals surface area contributed by atoms with E-state index in [0.717, 1.165) is 4.47 Å². The lowest BCUT2D eigenvalue weighted by atomic mass is 10.2. The van der Waals surface area contributed by atoms with E-state index in [2.05, 4.69) is 15.9 Å². The van der Waals surface area contributed by atoms with Crippen molar-refractivity contribution in [3.05, 3.63) is 15.4 Å². The Hall–Kier alpha value is -0.590. The third kappa shape index (κ3) is 2.70. The molecule has 0 unspecified atom stereocenters. The lowest BCUT2D eigenvalue weighted by Crippen LogP contribution is -2.03. The molecule has 0 saturated carbocycles. The monoisotopic (exact) mass is 280 g/mol. The number of carboxylic acids is 1. The minimum absolute atomic E-state index is 0.296. The summed E-state index contributed by atoms with van der Waals surface area (Å²) < 4.78 is 5.72. The van der Waals surface area contributed by atoms with Crippen LogP contribution in [0.25, 0.3) is 0 Å². The van der Waals surface area contributed by atoms with Crippen molar-refractivity contribution in [2.24, 2.45) is 0 Å². The zero-order chi connectivity index (χ0) is 10.7. The van der Waals surface area contributed by atoms with Crippen molar-refractivity contribution in [2.75, 3.05) is 7.11 Å². The van der Waals surface area contributed by atoms with E-state index in [4.69, 9.17) is 9.84 Å². The number of halogens is 1. The van der Waals surface area contributed by atoms with Gasteiger partial charge in [0.05, 0.1) is 24.1 Å². The predicted molar refractivity (Wildman–Crippen MR) is 55.8 cm³/mol. The highest BCUT2D eigenvalue weighted by Crippen LogP contribution is 2.38. The summed E-state index contributed by atoms with van der Waals surface area (Å²) in [4.78, 5) is 10.9. The van der Waals surface area contributed by atoms with E-state index < -0.39 is 12.1 Å². The van der Waals surface area contributed by atoms with Crippen LogP contribution >= 0.6 is 27.3 Å². The lowest BCUT2D eigenvalue weighted by Gasteiger charge is -2.03. The number of carboxylic acid groups (broad SMARTS) is 1. The smallest absolute Gasteiger partial charge is 0.306 e. The molecule has 4 nitrogen and oxygen atoms in total. The maximum atomic E-state index is 10.3. The van der Waals surface area contributed by atoms with E-state index in [1.165, 1.54) is 18.4 Å². The van der Waals surface area contributed by atoms with Gasteiger partial charge in [0.15, 0.2) is 5.06 Å². The zero-order valence-corrected chi connectivity index (χ0v) is 9.76. The lowest BCUT2D eigenvalue weighted by molar-refractivity contribution is -0.139. The van der Waals surface area contributed by atoms with Crippen molar-refractivity contribution < 1.29 is 19.7 Å². The fraction of sp³-hybridized carbons (Fsp3) is 0.375. The fourth-order valence-electron chi connectivity index (χ4n) is 0.938. The fourth-order valence-corrected chi connectivity index (χ4v) is 2.59. The first-order chi connectivity index (χ1) is 6.54. The second kappa shape index (κ2) is 4.77. The van der Waals surface area contributed by atoms with Crippen molar-refractivity contribution in [2.45, 2.75) is 12.5 Å². The van der Waals surface area contributed by atoms with Gasteiger partial charge in [-0.3, -0.25) is 4.79 Å². The van der Waals surface area contributed by atoms with Crippen molar-refractivity contribution in [1.82, 2.24) is 0 Å². The molecule has 1 aromatic rings. The van der Waals surface area contributed by atoms with Crippen molar-refractivity contribution in [1.29, 1.82) is 0 Å². The number of aliphatic hydroxyl groups is 1. The molecule has 2 N–H and O–H groups in total. The molecule has 1 aromatic heterocycles. The van der Waals surface area contributed by atoms with Crippen molar-refractivity contribution in [3.63, 3.8) is 0 Å². The first kappa shape index (κ1) is 11.5. The summed E-state index contributed by atoms with van der Waals surface area (Å²) in [6.45, 7) is 0. The van der Waals surface area contributed by atoms with Gasteiger partial charge < -0.3 is 14.9 Å². The molecule has 0 aliphatic heterocycles. The van der Waals surface area contributed by atoms with Gasteiger partial charge in [0.2, 0.25) is 0 Å². The molecule has 0 fully saturated rings. The normalized spacial score (nSPS) is 12.5. The molecule has 6 heteroatoms. The molecule has 1 rings (SSSR count). The molecular weight excluding hydrogens is 272 g/mol. The average Bonchev–Trinajstić information content (AvgIpc) is 2.45. The van der Waals surface area contributed by atoms with E-state index >= 15 is 0 Å². The Kier molecular flexibility index (Phi) is 3.91. The minimum atomic E-state index is -1.03. The number of aliphatic carboxylic acids is 1. The molecule has 0 bridgehead atoms. The van der Waals surface area contributed by atoms with E-state index in [1.807, 2.05) is 0 Å². The van der Waals surface area contributed by atoms with E-state index in [-0.39, 0.29) is 6.42 Å². The number of hydrogen-bond acceptors (Lipinski definition) is 4. The van der Waals surface area contributed by atoms with Gasteiger partial charge in [-0.2, -0.15) is 0 Å². The molecule has 1 atom stereocenters. The number of rotatable bonds is 4. The van der Waals surface area contributed by atoms with Crippen LogP contribution in [0.1, 0.15) is 17.4 Å². The highest BCUT2D eigenvalue weighted by atomic mass is 79.9. The van der Waals surface area contributed by atoms with Gasteiger partial charge in [-0.05, 0) is 22.0 Å². The Bertz CT molecular complexity index is 336. The number of thiophene rings is 1. The Balaban J connectivity index is 2.80. The highest BCUT2D eigenvalue weighted by molar-refractivity contribution is 9.10. The van der Waals surface area contributed by atoms with Gasteiger partial charge >= 0.3 is 5.97 Å². The van der Waals surface area contributed by atoms with Gasteiger partial charge in [0.25, 0.3) is 0 Å². The van der Waals surface area contributed by atoms with Gasteiger partial charge in [-0.25, -0.2) is 0 Å². The summed E-state index contributed by atoms with van der Waals surface area (Å²) in [7, 11) is 1.52. The molecule has 0 amide bonds. The quantitative estimate of drug-likeness (QED) is 0.886. The van der Waals surface area contributed by atoms with Gasteiger partial charge in [0.1, 0.15) is 0 Å². The van der Waals surface area contributed by atoms with Gasteiger partial charge in [-0.15, -0.1) is 11.3 Å². The number of carbonyl (C=O) groups is 1. The molecule has 0 radical (unpaired) electrons. The summed E-state index contributed by atoms with van der Waals surface area (Å²) >= 11 is 4.47. The standard InChI is InChI=1S/C8H9BrO4S/c1-13-8-4(9)2-6(14-8)5(10)3-7(11)12/h2,5,10H,3H2,1H3,(H,11,12)/t5-/m1/s1. The van der Waals surface area contributed by atoms with E-state index in [9.17, 15) is 9.90 Å². The minimum Gasteiger partial charge on any atom is -0.486 e. The van der Waals surface area contributed by atoms with Crippen LogP contribution in [0.2, 0.25) is 0 Å². The summed E-state index contributed by atoms with van der Waals surface area (Å²) in [5.74, 6) is -1.03. The Morgan fingerprint density at radius 1 is 1.79 bits per heavy atom. The second-order valence-electron chi connectivity index (χ2n) is 2.60. The average molecular weight is 281 g/mol. The molecule has 0 aromatic carbocycles. The zero-order valence-electron chi connectivity index (χ0n) is 7.36. The Morgan fingerprint density at radius 2 is 2.43 bits per heavy atom. The summed E-state index contributed by atoms with van der Waals surface area (Å²) in [6.07, 6.45) is -1.27. The van der Waals surface area contributed by atoms with Crippen molar-refractivity contribution >= 4 is 33.2 Å². The van der Waals surface area contributed by atoms with Crippen LogP contribution in [0.15, 0.2) is 10.5 Å². The summed E-state index contributed by atoms with van der Waals surface area (Å²) in [6, 6.07) is 1.66. The van der Waals surface area contributed by atoms with Crippen LogP contribution in [0.3, 0.4) is 0 Å². The molecule has 0 aliphatic rings. The number of aliphatic hydroxyl groups excluding tert-OH is 1. The van der Waals surface area contributed by atoms with Crippen LogP contribution in [-0.4, -0.2) is 23.3 Å². The maximum Gasteiger partial charge on any atom is 0.306 e. The molecule has 0 aliphatic carbocycles. The van der Waals surface area contributed by atoms with Crippen LogP contribution in [0.5, 0.6) is 5.06 Å². The number of ether oxygens (including phenoxy) is 1. The largest absolute Gasteiger partial charge is 0.486 e. The number of methoxy groups -OCH3 is 1. The summed E-state index contributed by atoms with van der Waals surface area (Å²) in [5.41, 5.74) is 0. The molecular formula is C8H9BrO4S. The van der Waals surface area contributed by atoms with Crippen LogP contribution in [-0.2, 0) is 4.79 Å². The predicted octanol–water partition coefficient (Wildman–Crippen LogP) is 2.03. The summed E-state index contributed by atoms with van der Waals surface area (Å²) in [5, 5.41) is 18.6. The number of hydrogen-bond donors (Lipinski definition) is 2. The van der Waals surface area contributed by atoms with Crippen molar-refractivity contribution in [3.8, 4) is 5.06 Å². The molecule has 1 heterocycles. The van der Waals surface area contributed by atoms with Crippen LogP contribution in [0, 0.1) is 0 Å². The molecule has 0 spiro atoms. The third-order valence-corrected chi connectivity index (χ3v) is 3.61. The van der Waals surface area contributed by atoms with Gasteiger partial charge in [-0.1, -0.05) is 0 Å². The molecule has 14 heavy (non-hydrogen) atoms. The maximum absolute atomic E-state index is 10.3. The highest BCUT2D eigenvalue weighted by Gasteiger charge is 2.17. The second-order valence-corrected chi connectivity index (χ2v) is 4.50. The van der Waals surface area contributed by atoms with E-state index in [1.54, 1.807) is 6.07 Å². The first-order valence-corrected chi connectivity index (χ1v) is 5.38. The topological polar surface area (TPSA) is 66.8 Å². The Labute approximate surface area is 93.3 Å². The molecule has 78 valence electrons. The van der Waals surface area contributed by atoms with Crippen LogP contribution < -0.4 is 4.74 Å².